The molecule has 2 rings (SSSR count). The normalized spacial score (nSPS) is 18.0. The Hall–Kier alpha value is -1.40. The summed E-state index contributed by atoms with van der Waals surface area (Å²) in [4.78, 5) is 17.0. The van der Waals surface area contributed by atoms with Crippen LogP contribution in [-0.4, -0.2) is 64.8 Å². The Kier molecular flexibility index (Phi) is 5.36. The van der Waals surface area contributed by atoms with Gasteiger partial charge in [0.15, 0.2) is 0 Å². The molecule has 21 heavy (non-hydrogen) atoms. The number of piperazine rings is 1. The number of carbonyl (C=O) groups excluding carboxylic acids is 1. The van der Waals surface area contributed by atoms with E-state index >= 15 is 0 Å². The summed E-state index contributed by atoms with van der Waals surface area (Å²) < 4.78 is 1.73. The van der Waals surface area contributed by atoms with Gasteiger partial charge in [-0.15, -0.1) is 0 Å². The van der Waals surface area contributed by atoms with Gasteiger partial charge in [-0.2, -0.15) is 5.10 Å². The molecular formula is C15H27N5O. The van der Waals surface area contributed by atoms with Crippen molar-refractivity contribution in [1.82, 2.24) is 19.6 Å². The van der Waals surface area contributed by atoms with Gasteiger partial charge in [-0.05, 0) is 18.9 Å². The summed E-state index contributed by atoms with van der Waals surface area (Å²) in [6.07, 6.45) is 2.62. The highest BCUT2D eigenvalue weighted by molar-refractivity contribution is 5.95. The highest BCUT2D eigenvalue weighted by Crippen LogP contribution is 2.13. The predicted molar refractivity (Wildman–Crippen MR) is 83.1 cm³/mol. The Morgan fingerprint density at radius 3 is 2.62 bits per heavy atom. The molecule has 2 N–H and O–H groups in total. The first kappa shape index (κ1) is 16.0. The van der Waals surface area contributed by atoms with Crippen molar-refractivity contribution >= 4 is 5.91 Å². The van der Waals surface area contributed by atoms with Crippen molar-refractivity contribution in [3.05, 3.63) is 17.5 Å². The molecule has 0 aromatic carbocycles. The molecule has 0 saturated carbocycles. The second-order valence-electron chi connectivity index (χ2n) is 5.95. The first-order valence-electron chi connectivity index (χ1n) is 7.79. The van der Waals surface area contributed by atoms with Gasteiger partial charge >= 0.3 is 0 Å². The van der Waals surface area contributed by atoms with Crippen LogP contribution in [-0.2, 0) is 13.5 Å². The average molecular weight is 293 g/mol. The molecule has 1 aromatic heterocycles. The third kappa shape index (κ3) is 3.83. The number of nitrogens with two attached hydrogens (primary N) is 1. The molecule has 6 nitrogen and oxygen atoms in total. The van der Waals surface area contributed by atoms with Gasteiger partial charge in [0.25, 0.3) is 5.91 Å². The molecule has 2 heterocycles. The molecule has 1 aromatic rings. The van der Waals surface area contributed by atoms with Gasteiger partial charge in [-0.1, -0.05) is 13.8 Å². The van der Waals surface area contributed by atoms with Crippen LogP contribution < -0.4 is 5.73 Å². The van der Waals surface area contributed by atoms with Gasteiger partial charge in [0.05, 0.1) is 11.3 Å². The van der Waals surface area contributed by atoms with Crippen LogP contribution in [0, 0.1) is 5.92 Å². The number of carbonyl (C=O) groups is 1. The standard InChI is InChI=1S/C15H27N5O/c1-4-14-13(11-18(3)17-14)15(21)20-7-5-19(6-8-20)10-12(2)9-16/h11-12H,4-10,16H2,1-3H3. The quantitative estimate of drug-likeness (QED) is 0.850. The maximum Gasteiger partial charge on any atom is 0.257 e. The Balaban J connectivity index is 1.94. The maximum atomic E-state index is 12.6. The zero-order chi connectivity index (χ0) is 15.4. The first-order chi connectivity index (χ1) is 10.0. The third-order valence-electron chi connectivity index (χ3n) is 4.10. The molecule has 1 fully saturated rings. The molecular weight excluding hydrogens is 266 g/mol. The molecule has 6 heteroatoms. The van der Waals surface area contributed by atoms with E-state index in [9.17, 15) is 4.79 Å². The van der Waals surface area contributed by atoms with E-state index in [-0.39, 0.29) is 5.91 Å². The van der Waals surface area contributed by atoms with E-state index in [1.807, 2.05) is 25.1 Å². The second-order valence-corrected chi connectivity index (χ2v) is 5.95. The smallest absolute Gasteiger partial charge is 0.257 e. The van der Waals surface area contributed by atoms with E-state index in [1.165, 1.54) is 0 Å². The molecule has 1 amide bonds. The number of amides is 1. The Bertz CT molecular complexity index is 476. The van der Waals surface area contributed by atoms with Crippen LogP contribution in [0.25, 0.3) is 0 Å². The average Bonchev–Trinajstić information content (AvgIpc) is 2.88. The van der Waals surface area contributed by atoms with Crippen LogP contribution in [0.2, 0.25) is 0 Å². The molecule has 1 unspecified atom stereocenters. The van der Waals surface area contributed by atoms with Gasteiger partial charge in [0.2, 0.25) is 0 Å². The number of aromatic nitrogens is 2. The van der Waals surface area contributed by atoms with Crippen LogP contribution in [0.1, 0.15) is 29.9 Å². The van der Waals surface area contributed by atoms with Gasteiger partial charge in [0, 0.05) is 46.0 Å². The van der Waals surface area contributed by atoms with E-state index in [2.05, 4.69) is 16.9 Å². The number of hydrogen-bond acceptors (Lipinski definition) is 4. The van der Waals surface area contributed by atoms with Crippen LogP contribution in [0.3, 0.4) is 0 Å². The number of hydrogen-bond donors (Lipinski definition) is 1. The summed E-state index contributed by atoms with van der Waals surface area (Å²) in [5, 5.41) is 4.36. The van der Waals surface area contributed by atoms with Crippen molar-refractivity contribution in [3.63, 3.8) is 0 Å². The monoisotopic (exact) mass is 293 g/mol. The van der Waals surface area contributed by atoms with Crippen molar-refractivity contribution in [2.45, 2.75) is 20.3 Å². The minimum atomic E-state index is 0.117. The second kappa shape index (κ2) is 7.04. The zero-order valence-corrected chi connectivity index (χ0v) is 13.4. The highest BCUT2D eigenvalue weighted by atomic mass is 16.2. The van der Waals surface area contributed by atoms with Crippen molar-refractivity contribution < 1.29 is 4.79 Å². The van der Waals surface area contributed by atoms with Crippen molar-refractivity contribution in [3.8, 4) is 0 Å². The molecule has 0 bridgehead atoms. The first-order valence-corrected chi connectivity index (χ1v) is 7.79. The third-order valence-corrected chi connectivity index (χ3v) is 4.10. The molecule has 0 aliphatic carbocycles. The van der Waals surface area contributed by atoms with Crippen molar-refractivity contribution in [1.29, 1.82) is 0 Å². The van der Waals surface area contributed by atoms with Gasteiger partial charge in [0.1, 0.15) is 0 Å². The largest absolute Gasteiger partial charge is 0.336 e. The predicted octanol–water partition coefficient (Wildman–Crippen LogP) is 0.335. The lowest BCUT2D eigenvalue weighted by atomic mass is 10.1. The Labute approximate surface area is 126 Å². The molecule has 1 atom stereocenters. The summed E-state index contributed by atoms with van der Waals surface area (Å²) in [6, 6.07) is 0. The lowest BCUT2D eigenvalue weighted by Crippen LogP contribution is -2.50. The van der Waals surface area contributed by atoms with Crippen LogP contribution >= 0.6 is 0 Å². The van der Waals surface area contributed by atoms with E-state index in [0.29, 0.717) is 12.5 Å². The lowest BCUT2D eigenvalue weighted by molar-refractivity contribution is 0.0621. The Morgan fingerprint density at radius 2 is 2.05 bits per heavy atom. The molecule has 1 aliphatic heterocycles. The van der Waals surface area contributed by atoms with Crippen LogP contribution in [0.5, 0.6) is 0 Å². The number of aryl methyl sites for hydroxylation is 2. The zero-order valence-electron chi connectivity index (χ0n) is 13.4. The van der Waals surface area contributed by atoms with Crippen LogP contribution in [0.4, 0.5) is 0 Å². The fourth-order valence-corrected chi connectivity index (χ4v) is 2.79. The topological polar surface area (TPSA) is 67.4 Å². The molecule has 118 valence electrons. The molecule has 1 aliphatic rings. The summed E-state index contributed by atoms with van der Waals surface area (Å²) in [7, 11) is 1.86. The van der Waals surface area contributed by atoms with E-state index in [1.54, 1.807) is 4.68 Å². The minimum absolute atomic E-state index is 0.117. The van der Waals surface area contributed by atoms with Gasteiger partial charge < -0.3 is 10.6 Å². The van der Waals surface area contributed by atoms with E-state index in [4.69, 9.17) is 5.73 Å². The SMILES string of the molecule is CCc1nn(C)cc1C(=O)N1CCN(CC(C)CN)CC1. The summed E-state index contributed by atoms with van der Waals surface area (Å²) in [5.74, 6) is 0.628. The minimum Gasteiger partial charge on any atom is -0.336 e. The fourth-order valence-electron chi connectivity index (χ4n) is 2.79. The maximum absolute atomic E-state index is 12.6. The highest BCUT2D eigenvalue weighted by Gasteiger charge is 2.25. The lowest BCUT2D eigenvalue weighted by Gasteiger charge is -2.35. The Morgan fingerprint density at radius 1 is 1.38 bits per heavy atom. The van der Waals surface area contributed by atoms with Gasteiger partial charge in [-0.3, -0.25) is 14.4 Å². The fraction of sp³-hybridized carbons (Fsp3) is 0.733. The van der Waals surface area contributed by atoms with E-state index < -0.39 is 0 Å². The molecule has 1 saturated heterocycles. The molecule has 0 spiro atoms. The number of nitrogens with zero attached hydrogens (tertiary/aromatic N) is 4. The summed E-state index contributed by atoms with van der Waals surface area (Å²) in [6.45, 7) is 9.37. The van der Waals surface area contributed by atoms with Gasteiger partial charge in [-0.25, -0.2) is 0 Å². The van der Waals surface area contributed by atoms with Crippen LogP contribution in [0.15, 0.2) is 6.20 Å². The summed E-state index contributed by atoms with van der Waals surface area (Å²) >= 11 is 0. The number of rotatable bonds is 5. The van der Waals surface area contributed by atoms with Crippen molar-refractivity contribution in [2.24, 2.45) is 18.7 Å². The van der Waals surface area contributed by atoms with Crippen molar-refractivity contribution in [2.75, 3.05) is 39.3 Å². The molecule has 0 radical (unpaired) electrons. The summed E-state index contributed by atoms with van der Waals surface area (Å²) in [5.41, 5.74) is 7.32. The van der Waals surface area contributed by atoms with E-state index in [0.717, 1.165) is 50.4 Å².